The highest BCUT2D eigenvalue weighted by Crippen LogP contribution is 2.26. The zero-order valence-electron chi connectivity index (χ0n) is 18.8. The summed E-state index contributed by atoms with van der Waals surface area (Å²) in [5.41, 5.74) is 1.06. The second-order valence-electron chi connectivity index (χ2n) is 8.79. The molecule has 0 unspecified atom stereocenters. The first-order valence-electron chi connectivity index (χ1n) is 11.3. The fourth-order valence-corrected chi connectivity index (χ4v) is 5.87. The van der Waals surface area contributed by atoms with Crippen molar-refractivity contribution in [2.24, 2.45) is 0 Å². The van der Waals surface area contributed by atoms with Crippen LogP contribution in [0.2, 0.25) is 5.02 Å². The molecule has 10 nitrogen and oxygen atoms in total. The molecular weight excluding hydrogens is 482 g/mol. The van der Waals surface area contributed by atoms with Crippen molar-refractivity contribution in [3.63, 3.8) is 0 Å². The number of sulfonamides is 1. The van der Waals surface area contributed by atoms with Crippen LogP contribution >= 0.6 is 11.6 Å². The predicted octanol–water partition coefficient (Wildman–Crippen LogP) is 2.33. The van der Waals surface area contributed by atoms with E-state index in [4.69, 9.17) is 16.3 Å². The molecule has 1 atom stereocenters. The van der Waals surface area contributed by atoms with Crippen molar-refractivity contribution >= 4 is 33.4 Å². The number of halogens is 1. The number of anilines is 1. The maximum atomic E-state index is 12.6. The zero-order chi connectivity index (χ0) is 24.3. The lowest BCUT2D eigenvalue weighted by Gasteiger charge is -2.29. The molecule has 4 rings (SSSR count). The molecule has 2 aromatic rings. The molecule has 0 bridgehead atoms. The first-order valence-corrected chi connectivity index (χ1v) is 13.1. The average molecular weight is 510 g/mol. The van der Waals surface area contributed by atoms with Crippen LogP contribution < -0.4 is 20.5 Å². The van der Waals surface area contributed by atoms with Crippen molar-refractivity contribution in [2.45, 2.75) is 62.1 Å². The smallest absolute Gasteiger partial charge is 0.407 e. The summed E-state index contributed by atoms with van der Waals surface area (Å²) < 4.78 is 33.5. The quantitative estimate of drug-likeness (QED) is 0.544. The Kier molecular flexibility index (Phi) is 7.44. The summed E-state index contributed by atoms with van der Waals surface area (Å²) in [4.78, 5) is 26.2. The summed E-state index contributed by atoms with van der Waals surface area (Å²) in [7, 11) is -3.57. The van der Waals surface area contributed by atoms with Gasteiger partial charge < -0.3 is 15.0 Å². The lowest BCUT2D eigenvalue weighted by atomic mass is 9.92. The van der Waals surface area contributed by atoms with E-state index in [1.165, 1.54) is 6.20 Å². The molecule has 1 saturated heterocycles. The topological polar surface area (TPSA) is 133 Å². The van der Waals surface area contributed by atoms with Gasteiger partial charge in [-0.05, 0) is 44.7 Å². The van der Waals surface area contributed by atoms with E-state index in [0.717, 1.165) is 5.56 Å². The molecule has 0 spiro atoms. The van der Waals surface area contributed by atoms with Crippen LogP contribution in [0.1, 0.15) is 37.7 Å². The molecule has 2 heterocycles. The lowest BCUT2D eigenvalue weighted by Crippen LogP contribution is -2.44. The van der Waals surface area contributed by atoms with Crippen molar-refractivity contribution in [2.75, 3.05) is 18.0 Å². The van der Waals surface area contributed by atoms with Crippen LogP contribution in [0, 0.1) is 6.92 Å². The zero-order valence-corrected chi connectivity index (χ0v) is 20.4. The third-order valence-electron chi connectivity index (χ3n) is 6.24. The molecular formula is C22H28ClN5O5S. The number of rotatable bonds is 6. The summed E-state index contributed by atoms with van der Waals surface area (Å²) in [6, 6.07) is 6.51. The highest BCUT2D eigenvalue weighted by molar-refractivity contribution is 7.89. The summed E-state index contributed by atoms with van der Waals surface area (Å²) >= 11 is 6.06. The number of benzene rings is 1. The molecule has 0 radical (unpaired) electrons. The molecule has 2 aliphatic rings. The maximum Gasteiger partial charge on any atom is 0.407 e. The van der Waals surface area contributed by atoms with E-state index in [1.54, 1.807) is 24.3 Å². The lowest BCUT2D eigenvalue weighted by molar-refractivity contribution is 0.102. The molecule has 12 heteroatoms. The summed E-state index contributed by atoms with van der Waals surface area (Å²) in [6.45, 7) is 2.92. The van der Waals surface area contributed by atoms with Gasteiger partial charge in [0.25, 0.3) is 5.56 Å². The molecule has 2 fully saturated rings. The van der Waals surface area contributed by atoms with Crippen molar-refractivity contribution in [1.82, 2.24) is 20.2 Å². The van der Waals surface area contributed by atoms with Crippen molar-refractivity contribution < 1.29 is 17.9 Å². The summed E-state index contributed by atoms with van der Waals surface area (Å²) in [5, 5.41) is 9.01. The van der Waals surface area contributed by atoms with E-state index in [1.807, 2.05) is 11.8 Å². The summed E-state index contributed by atoms with van der Waals surface area (Å²) in [6.07, 6.45) is 3.84. The van der Waals surface area contributed by atoms with Crippen LogP contribution in [0.3, 0.4) is 0 Å². The van der Waals surface area contributed by atoms with E-state index in [-0.39, 0.29) is 28.1 Å². The fourth-order valence-electron chi connectivity index (χ4n) is 4.35. The van der Waals surface area contributed by atoms with Gasteiger partial charge in [-0.2, -0.15) is 5.10 Å². The van der Waals surface area contributed by atoms with Crippen LogP contribution in [0.5, 0.6) is 0 Å². The monoisotopic (exact) mass is 509 g/mol. The second-order valence-corrected chi connectivity index (χ2v) is 10.9. The second kappa shape index (κ2) is 10.3. The van der Waals surface area contributed by atoms with E-state index in [9.17, 15) is 18.0 Å². The number of ether oxygens (including phenoxy) is 1. The van der Waals surface area contributed by atoms with E-state index in [2.05, 4.69) is 20.2 Å². The number of aromatic nitrogens is 2. The molecule has 1 amide bonds. The molecule has 184 valence electrons. The Balaban J connectivity index is 1.22. The van der Waals surface area contributed by atoms with Crippen LogP contribution in [0.25, 0.3) is 0 Å². The molecule has 1 saturated carbocycles. The van der Waals surface area contributed by atoms with Crippen LogP contribution in [0.4, 0.5) is 10.5 Å². The van der Waals surface area contributed by atoms with Gasteiger partial charge >= 0.3 is 6.09 Å². The standard InChI is InChI=1S/C22H28ClN5O5S/c1-14-2-8-18(9-3-14)34(31,32)27-16-6-4-15(5-7-16)25-22(30)33-17-10-11-28(13-17)19-12-24-26-21(29)20(19)23/h2-3,8-9,12,15-17,27H,4-7,10-11,13H2,1H3,(H,25,30)(H,26,29)/t15-,16-,17-/m1/s1. The van der Waals surface area contributed by atoms with Gasteiger partial charge in [-0.15, -0.1) is 0 Å². The van der Waals surface area contributed by atoms with Crippen LogP contribution in [-0.2, 0) is 14.8 Å². The van der Waals surface area contributed by atoms with Crippen molar-refractivity contribution in [3.8, 4) is 0 Å². The van der Waals surface area contributed by atoms with Gasteiger partial charge in [-0.3, -0.25) is 4.79 Å². The first-order chi connectivity index (χ1) is 16.2. The molecule has 1 aromatic carbocycles. The Labute approximate surface area is 203 Å². The molecule has 1 aliphatic carbocycles. The van der Waals surface area contributed by atoms with Gasteiger partial charge in [0.15, 0.2) is 0 Å². The molecule has 3 N–H and O–H groups in total. The third kappa shape index (κ3) is 5.89. The normalized spacial score (nSPS) is 23.0. The van der Waals surface area contributed by atoms with Crippen molar-refractivity contribution in [1.29, 1.82) is 0 Å². The first kappa shape index (κ1) is 24.5. The number of nitrogens with one attached hydrogen (secondary N) is 3. The summed E-state index contributed by atoms with van der Waals surface area (Å²) in [5.74, 6) is 0. The number of amides is 1. The number of H-pyrrole nitrogens is 1. The predicted molar refractivity (Wildman–Crippen MR) is 128 cm³/mol. The number of hydrogen-bond donors (Lipinski definition) is 3. The molecule has 34 heavy (non-hydrogen) atoms. The number of aryl methyl sites for hydroxylation is 1. The largest absolute Gasteiger partial charge is 0.444 e. The van der Waals surface area contributed by atoms with Crippen molar-refractivity contribution in [3.05, 3.63) is 51.4 Å². The third-order valence-corrected chi connectivity index (χ3v) is 8.14. The SMILES string of the molecule is Cc1ccc(S(=O)(=O)N[C@H]2CC[C@H](NC(=O)O[C@@H]3CCN(c4cn[nH]c(=O)c4Cl)C3)CC2)cc1. The van der Waals surface area contributed by atoms with Crippen LogP contribution in [-0.4, -0.2) is 56.0 Å². The van der Waals surface area contributed by atoms with Gasteiger partial charge in [-0.25, -0.2) is 23.0 Å². The molecule has 1 aliphatic heterocycles. The number of aromatic amines is 1. The highest BCUT2D eigenvalue weighted by atomic mass is 35.5. The number of nitrogens with zero attached hydrogens (tertiary/aromatic N) is 2. The number of hydrogen-bond acceptors (Lipinski definition) is 7. The number of carbonyl (C=O) groups excluding carboxylic acids is 1. The van der Waals surface area contributed by atoms with Crippen LogP contribution in [0.15, 0.2) is 40.2 Å². The Bertz CT molecular complexity index is 1180. The average Bonchev–Trinajstić information content (AvgIpc) is 3.25. The van der Waals surface area contributed by atoms with E-state index >= 15 is 0 Å². The Hall–Kier alpha value is -2.63. The Morgan fingerprint density at radius 3 is 2.53 bits per heavy atom. The van der Waals surface area contributed by atoms with Gasteiger partial charge in [0.1, 0.15) is 11.1 Å². The minimum atomic E-state index is -3.57. The number of alkyl carbamates (subject to hydrolysis) is 1. The van der Waals surface area contributed by atoms with Gasteiger partial charge in [-0.1, -0.05) is 29.3 Å². The Morgan fingerprint density at radius 1 is 1.15 bits per heavy atom. The van der Waals surface area contributed by atoms with Gasteiger partial charge in [0, 0.05) is 25.0 Å². The Morgan fingerprint density at radius 2 is 1.82 bits per heavy atom. The highest BCUT2D eigenvalue weighted by Gasteiger charge is 2.30. The van der Waals surface area contributed by atoms with Gasteiger partial charge in [0.2, 0.25) is 10.0 Å². The molecule has 1 aromatic heterocycles. The minimum absolute atomic E-state index is 0.0647. The maximum absolute atomic E-state index is 12.6. The van der Waals surface area contributed by atoms with E-state index in [0.29, 0.717) is 50.9 Å². The fraction of sp³-hybridized carbons (Fsp3) is 0.500. The van der Waals surface area contributed by atoms with E-state index < -0.39 is 21.7 Å². The number of carbonyl (C=O) groups is 1. The minimum Gasteiger partial charge on any atom is -0.444 e. The van der Waals surface area contributed by atoms with Gasteiger partial charge in [0.05, 0.1) is 23.3 Å².